The lowest BCUT2D eigenvalue weighted by Crippen LogP contribution is -2.40. The molecule has 5 rings (SSSR count). The van der Waals surface area contributed by atoms with Gasteiger partial charge in [-0.2, -0.15) is 0 Å². The first kappa shape index (κ1) is 29.8. The normalized spacial score (nSPS) is 15.0. The Labute approximate surface area is 254 Å². The van der Waals surface area contributed by atoms with E-state index in [1.54, 1.807) is 24.7 Å². The quantitative estimate of drug-likeness (QED) is 0.221. The summed E-state index contributed by atoms with van der Waals surface area (Å²) in [6.45, 7) is 6.35. The number of esters is 1. The van der Waals surface area contributed by atoms with Crippen LogP contribution in [0.5, 0.6) is 11.5 Å². The van der Waals surface area contributed by atoms with Crippen molar-refractivity contribution in [3.63, 3.8) is 0 Å². The van der Waals surface area contributed by atoms with Gasteiger partial charge in [0.1, 0.15) is 6.61 Å². The third-order valence-corrected chi connectivity index (χ3v) is 7.87. The Bertz CT molecular complexity index is 1840. The Hall–Kier alpha value is -4.69. The number of nitrogens with zero attached hydrogens (tertiary/aromatic N) is 2. The molecule has 0 saturated heterocycles. The standard InChI is InChI=1S/C35H34N2O5S/c1-23(2)21-42-34(39)31-24(3)36-35-37(33(38)30(43-35)17-11-16-25-12-7-5-8-13-25)32(31)27-18-19-28(29(20-27)40-4)41-22-26-14-9-6-10-15-26/h5-20,23,32H,21-22H2,1-4H3/b16-11+,30-17-. The topological polar surface area (TPSA) is 79.1 Å². The Morgan fingerprint density at radius 3 is 2.44 bits per heavy atom. The van der Waals surface area contributed by atoms with Crippen LogP contribution in [0.1, 0.15) is 43.5 Å². The molecule has 4 aromatic rings. The summed E-state index contributed by atoms with van der Waals surface area (Å²) in [6.07, 6.45) is 5.57. The van der Waals surface area contributed by atoms with Gasteiger partial charge in [0.15, 0.2) is 16.3 Å². The molecule has 1 atom stereocenters. The van der Waals surface area contributed by atoms with E-state index in [1.165, 1.54) is 11.3 Å². The molecule has 0 aliphatic carbocycles. The SMILES string of the molecule is COc1cc(C2C(C(=O)OCC(C)C)=C(C)N=c3s/c(=C\C=C\c4ccccc4)c(=O)n32)ccc1OCc1ccccc1. The molecular formula is C35H34N2O5S. The highest BCUT2D eigenvalue weighted by atomic mass is 32.1. The van der Waals surface area contributed by atoms with E-state index in [4.69, 9.17) is 14.2 Å². The minimum Gasteiger partial charge on any atom is -0.493 e. The van der Waals surface area contributed by atoms with Crippen molar-refractivity contribution < 1.29 is 19.0 Å². The monoisotopic (exact) mass is 594 g/mol. The molecule has 2 heterocycles. The Kier molecular flexibility index (Phi) is 9.37. The van der Waals surface area contributed by atoms with E-state index < -0.39 is 12.0 Å². The molecule has 43 heavy (non-hydrogen) atoms. The maximum Gasteiger partial charge on any atom is 0.338 e. The zero-order valence-corrected chi connectivity index (χ0v) is 25.5. The number of methoxy groups -OCH3 is 1. The highest BCUT2D eigenvalue weighted by molar-refractivity contribution is 7.07. The lowest BCUT2D eigenvalue weighted by molar-refractivity contribution is -0.140. The van der Waals surface area contributed by atoms with Gasteiger partial charge in [-0.25, -0.2) is 9.79 Å². The fourth-order valence-electron chi connectivity index (χ4n) is 4.75. The molecule has 3 aromatic carbocycles. The molecule has 8 heteroatoms. The maximum absolute atomic E-state index is 13.9. The largest absolute Gasteiger partial charge is 0.493 e. The zero-order chi connectivity index (χ0) is 30.3. The first-order valence-corrected chi connectivity index (χ1v) is 14.9. The number of allylic oxidation sites excluding steroid dienone is 2. The van der Waals surface area contributed by atoms with Gasteiger partial charge in [0.05, 0.1) is 35.6 Å². The van der Waals surface area contributed by atoms with Gasteiger partial charge in [0.2, 0.25) is 0 Å². The molecule has 1 unspecified atom stereocenters. The van der Waals surface area contributed by atoms with E-state index >= 15 is 0 Å². The fraction of sp³-hybridized carbons (Fsp3) is 0.229. The number of aromatic nitrogens is 1. The number of rotatable bonds is 10. The van der Waals surface area contributed by atoms with Crippen LogP contribution in [-0.4, -0.2) is 24.3 Å². The minimum atomic E-state index is -0.756. The van der Waals surface area contributed by atoms with Crippen molar-refractivity contribution in [2.75, 3.05) is 13.7 Å². The van der Waals surface area contributed by atoms with Gasteiger partial charge in [0.25, 0.3) is 5.56 Å². The fourth-order valence-corrected chi connectivity index (χ4v) is 5.75. The first-order chi connectivity index (χ1) is 20.9. The van der Waals surface area contributed by atoms with Crippen molar-refractivity contribution in [2.24, 2.45) is 10.9 Å². The van der Waals surface area contributed by atoms with Gasteiger partial charge in [-0.05, 0) is 47.7 Å². The number of ether oxygens (including phenoxy) is 3. The molecule has 0 amide bonds. The summed E-state index contributed by atoms with van der Waals surface area (Å²) in [7, 11) is 1.57. The van der Waals surface area contributed by atoms with Crippen LogP contribution >= 0.6 is 11.3 Å². The Morgan fingerprint density at radius 1 is 1.02 bits per heavy atom. The summed E-state index contributed by atoms with van der Waals surface area (Å²) in [4.78, 5) is 32.6. The van der Waals surface area contributed by atoms with Crippen LogP contribution in [0, 0.1) is 5.92 Å². The number of hydrogen-bond acceptors (Lipinski definition) is 7. The van der Waals surface area contributed by atoms with Crippen LogP contribution in [-0.2, 0) is 16.1 Å². The Morgan fingerprint density at radius 2 is 1.74 bits per heavy atom. The summed E-state index contributed by atoms with van der Waals surface area (Å²) >= 11 is 1.28. The van der Waals surface area contributed by atoms with Gasteiger partial charge in [-0.1, -0.05) is 104 Å². The van der Waals surface area contributed by atoms with E-state index in [0.717, 1.165) is 11.1 Å². The van der Waals surface area contributed by atoms with Crippen molar-refractivity contribution in [1.29, 1.82) is 0 Å². The predicted molar refractivity (Wildman–Crippen MR) is 170 cm³/mol. The van der Waals surface area contributed by atoms with Crippen LogP contribution < -0.4 is 24.4 Å². The zero-order valence-electron chi connectivity index (χ0n) is 24.7. The number of fused-ring (bicyclic) bond motifs is 1. The average molecular weight is 595 g/mol. The lowest BCUT2D eigenvalue weighted by atomic mass is 9.95. The molecule has 0 fully saturated rings. The third-order valence-electron chi connectivity index (χ3n) is 6.87. The van der Waals surface area contributed by atoms with Crippen molar-refractivity contribution in [2.45, 2.75) is 33.4 Å². The third kappa shape index (κ3) is 6.87. The minimum absolute atomic E-state index is 0.155. The molecule has 7 nitrogen and oxygen atoms in total. The molecule has 220 valence electrons. The van der Waals surface area contributed by atoms with Crippen molar-refractivity contribution in [3.8, 4) is 11.5 Å². The number of carbonyl (C=O) groups excluding carboxylic acids is 1. The molecule has 0 radical (unpaired) electrons. The Balaban J connectivity index is 1.57. The van der Waals surface area contributed by atoms with Crippen molar-refractivity contribution >= 4 is 29.5 Å². The number of thiazole rings is 1. The molecular weight excluding hydrogens is 560 g/mol. The van der Waals surface area contributed by atoms with Crippen LogP contribution in [0.25, 0.3) is 12.2 Å². The second-order valence-electron chi connectivity index (χ2n) is 10.6. The first-order valence-electron chi connectivity index (χ1n) is 14.1. The summed E-state index contributed by atoms with van der Waals surface area (Å²) in [5.74, 6) is 0.702. The number of hydrogen-bond donors (Lipinski definition) is 0. The van der Waals surface area contributed by atoms with Crippen LogP contribution in [0.4, 0.5) is 0 Å². The van der Waals surface area contributed by atoms with E-state index in [1.807, 2.05) is 105 Å². The average Bonchev–Trinajstić information content (AvgIpc) is 3.33. The summed E-state index contributed by atoms with van der Waals surface area (Å²) < 4.78 is 19.5. The molecule has 0 N–H and O–H groups in total. The van der Waals surface area contributed by atoms with Gasteiger partial charge < -0.3 is 14.2 Å². The van der Waals surface area contributed by atoms with E-state index in [-0.39, 0.29) is 18.1 Å². The van der Waals surface area contributed by atoms with E-state index in [0.29, 0.717) is 44.3 Å². The predicted octanol–water partition coefficient (Wildman–Crippen LogP) is 5.69. The van der Waals surface area contributed by atoms with Gasteiger partial charge in [-0.15, -0.1) is 0 Å². The molecule has 1 aliphatic heterocycles. The summed E-state index contributed by atoms with van der Waals surface area (Å²) in [5.41, 5.74) is 3.32. The molecule has 0 bridgehead atoms. The van der Waals surface area contributed by atoms with Crippen molar-refractivity contribution in [1.82, 2.24) is 4.57 Å². The highest BCUT2D eigenvalue weighted by Crippen LogP contribution is 2.36. The second-order valence-corrected chi connectivity index (χ2v) is 11.6. The molecule has 1 aliphatic rings. The highest BCUT2D eigenvalue weighted by Gasteiger charge is 2.34. The molecule has 0 spiro atoms. The van der Waals surface area contributed by atoms with E-state index in [9.17, 15) is 9.59 Å². The molecule has 1 aromatic heterocycles. The maximum atomic E-state index is 13.9. The van der Waals surface area contributed by atoms with Crippen LogP contribution in [0.2, 0.25) is 0 Å². The second kappa shape index (κ2) is 13.5. The van der Waals surface area contributed by atoms with Crippen LogP contribution in [0.15, 0.2) is 106 Å². The summed E-state index contributed by atoms with van der Waals surface area (Å²) in [5, 5.41) is 0. The van der Waals surface area contributed by atoms with Crippen LogP contribution in [0.3, 0.4) is 0 Å². The number of carbonyl (C=O) groups is 1. The summed E-state index contributed by atoms with van der Waals surface area (Å²) in [6, 6.07) is 24.4. The smallest absolute Gasteiger partial charge is 0.338 e. The van der Waals surface area contributed by atoms with Crippen molar-refractivity contribution in [3.05, 3.63) is 133 Å². The number of benzene rings is 3. The van der Waals surface area contributed by atoms with E-state index in [2.05, 4.69) is 4.99 Å². The van der Waals surface area contributed by atoms with Gasteiger partial charge in [0, 0.05) is 0 Å². The van der Waals surface area contributed by atoms with Gasteiger partial charge >= 0.3 is 5.97 Å². The van der Waals surface area contributed by atoms with Gasteiger partial charge in [-0.3, -0.25) is 9.36 Å². The lowest BCUT2D eigenvalue weighted by Gasteiger charge is -2.25. The molecule has 0 saturated carbocycles.